The standard InChI is InChI=1S/C26H22F2N2O/c1-16-9-11-21(13-17(16)2)29-26(31)22-15-25(19-7-5-4-6-8-19)30(18(22)3)24-12-10-20(27)14-23(24)28/h4-15H,1-3H3,(H,29,31). The van der Waals surface area contributed by atoms with Crippen LogP contribution in [0.2, 0.25) is 0 Å². The lowest BCUT2D eigenvalue weighted by molar-refractivity contribution is 0.102. The Labute approximate surface area is 180 Å². The number of anilines is 1. The number of benzene rings is 3. The SMILES string of the molecule is Cc1ccc(NC(=O)c2cc(-c3ccccc3)n(-c3ccc(F)cc3F)c2C)cc1C. The Morgan fingerprint density at radius 1 is 0.839 bits per heavy atom. The van der Waals surface area contributed by atoms with E-state index in [0.717, 1.165) is 22.8 Å². The molecule has 1 aromatic heterocycles. The van der Waals surface area contributed by atoms with Gasteiger partial charge in [-0.25, -0.2) is 8.78 Å². The first-order valence-electron chi connectivity index (χ1n) is 9.97. The Bertz CT molecular complexity index is 1280. The van der Waals surface area contributed by atoms with Crippen LogP contribution in [0.25, 0.3) is 16.9 Å². The van der Waals surface area contributed by atoms with Crippen LogP contribution < -0.4 is 5.32 Å². The molecule has 0 bridgehead atoms. The highest BCUT2D eigenvalue weighted by Crippen LogP contribution is 2.31. The molecule has 3 aromatic carbocycles. The maximum atomic E-state index is 14.7. The topological polar surface area (TPSA) is 34.0 Å². The summed E-state index contributed by atoms with van der Waals surface area (Å²) < 4.78 is 29.9. The molecule has 1 heterocycles. The van der Waals surface area contributed by atoms with E-state index in [1.165, 1.54) is 12.1 Å². The first-order valence-corrected chi connectivity index (χ1v) is 9.97. The van der Waals surface area contributed by atoms with Crippen molar-refractivity contribution in [3.63, 3.8) is 0 Å². The number of amides is 1. The van der Waals surface area contributed by atoms with Crippen LogP contribution in [0.4, 0.5) is 14.5 Å². The molecule has 1 amide bonds. The molecule has 1 N–H and O–H groups in total. The second kappa shape index (κ2) is 8.19. The third-order valence-corrected chi connectivity index (χ3v) is 5.48. The van der Waals surface area contributed by atoms with Crippen LogP contribution >= 0.6 is 0 Å². The number of carbonyl (C=O) groups excluding carboxylic acids is 1. The van der Waals surface area contributed by atoms with Gasteiger partial charge in [-0.1, -0.05) is 36.4 Å². The van der Waals surface area contributed by atoms with E-state index in [-0.39, 0.29) is 11.6 Å². The molecule has 0 spiro atoms. The molecular formula is C26H22F2N2O. The Balaban J connectivity index is 1.83. The molecule has 0 aliphatic heterocycles. The normalized spacial score (nSPS) is 10.9. The van der Waals surface area contributed by atoms with Gasteiger partial charge < -0.3 is 9.88 Å². The van der Waals surface area contributed by atoms with E-state index < -0.39 is 11.6 Å². The zero-order valence-electron chi connectivity index (χ0n) is 17.5. The Hall–Kier alpha value is -3.73. The summed E-state index contributed by atoms with van der Waals surface area (Å²) in [7, 11) is 0. The van der Waals surface area contributed by atoms with Crippen molar-refractivity contribution in [3.05, 3.63) is 107 Å². The van der Waals surface area contributed by atoms with Crippen LogP contribution in [0.15, 0.2) is 72.8 Å². The highest BCUT2D eigenvalue weighted by atomic mass is 19.1. The molecule has 0 saturated heterocycles. The molecule has 0 saturated carbocycles. The highest BCUT2D eigenvalue weighted by Gasteiger charge is 2.21. The quantitative estimate of drug-likeness (QED) is 0.400. The highest BCUT2D eigenvalue weighted by molar-refractivity contribution is 6.06. The van der Waals surface area contributed by atoms with Crippen molar-refractivity contribution in [2.45, 2.75) is 20.8 Å². The maximum Gasteiger partial charge on any atom is 0.257 e. The van der Waals surface area contributed by atoms with E-state index in [0.29, 0.717) is 22.6 Å². The summed E-state index contributed by atoms with van der Waals surface area (Å²) >= 11 is 0. The smallest absolute Gasteiger partial charge is 0.257 e. The summed E-state index contributed by atoms with van der Waals surface area (Å²) in [6, 6.07) is 20.3. The summed E-state index contributed by atoms with van der Waals surface area (Å²) in [6.45, 7) is 5.75. The molecule has 31 heavy (non-hydrogen) atoms. The number of halogens is 2. The average Bonchev–Trinajstić information content (AvgIpc) is 3.08. The van der Waals surface area contributed by atoms with Crippen molar-refractivity contribution in [3.8, 4) is 16.9 Å². The van der Waals surface area contributed by atoms with Crippen molar-refractivity contribution in [2.75, 3.05) is 5.32 Å². The molecular weight excluding hydrogens is 394 g/mol. The van der Waals surface area contributed by atoms with Crippen LogP contribution in [0.5, 0.6) is 0 Å². The predicted molar refractivity (Wildman–Crippen MR) is 120 cm³/mol. The fourth-order valence-corrected chi connectivity index (χ4v) is 3.65. The zero-order chi connectivity index (χ0) is 22.1. The second-order valence-corrected chi connectivity index (χ2v) is 7.58. The minimum absolute atomic E-state index is 0.183. The molecule has 0 fully saturated rings. The predicted octanol–water partition coefficient (Wildman–Crippen LogP) is 6.60. The molecule has 3 nitrogen and oxygen atoms in total. The van der Waals surface area contributed by atoms with Gasteiger partial charge in [0.1, 0.15) is 11.6 Å². The van der Waals surface area contributed by atoms with E-state index in [1.807, 2.05) is 62.4 Å². The average molecular weight is 416 g/mol. The molecule has 4 aromatic rings. The van der Waals surface area contributed by atoms with Gasteiger partial charge in [-0.05, 0) is 67.8 Å². The maximum absolute atomic E-state index is 14.7. The second-order valence-electron chi connectivity index (χ2n) is 7.58. The summed E-state index contributed by atoms with van der Waals surface area (Å²) in [4.78, 5) is 13.1. The summed E-state index contributed by atoms with van der Waals surface area (Å²) in [5, 5.41) is 2.93. The Morgan fingerprint density at radius 2 is 1.58 bits per heavy atom. The number of nitrogens with zero attached hydrogens (tertiary/aromatic N) is 1. The fourth-order valence-electron chi connectivity index (χ4n) is 3.65. The van der Waals surface area contributed by atoms with Crippen LogP contribution in [0.1, 0.15) is 27.2 Å². The number of rotatable bonds is 4. The van der Waals surface area contributed by atoms with Gasteiger partial charge in [0.25, 0.3) is 5.91 Å². The number of carbonyl (C=O) groups is 1. The summed E-state index contributed by atoms with van der Waals surface area (Å²) in [5.74, 6) is -1.64. The molecule has 156 valence electrons. The first-order chi connectivity index (χ1) is 14.8. The van der Waals surface area contributed by atoms with E-state index in [9.17, 15) is 13.6 Å². The number of hydrogen-bond acceptors (Lipinski definition) is 1. The Morgan fingerprint density at radius 3 is 2.26 bits per heavy atom. The number of aryl methyl sites for hydroxylation is 2. The van der Waals surface area contributed by atoms with E-state index in [4.69, 9.17) is 0 Å². The van der Waals surface area contributed by atoms with Gasteiger partial charge in [0.05, 0.1) is 16.9 Å². The first kappa shape index (κ1) is 20.5. The van der Waals surface area contributed by atoms with Crippen molar-refractivity contribution in [1.29, 1.82) is 0 Å². The lowest BCUT2D eigenvalue weighted by Crippen LogP contribution is -2.13. The molecule has 0 unspecified atom stereocenters. The van der Waals surface area contributed by atoms with Crippen LogP contribution in [0, 0.1) is 32.4 Å². The molecule has 5 heteroatoms. The minimum atomic E-state index is -0.697. The fraction of sp³-hybridized carbons (Fsp3) is 0.115. The van der Waals surface area contributed by atoms with Crippen molar-refractivity contribution < 1.29 is 13.6 Å². The van der Waals surface area contributed by atoms with Gasteiger partial charge in [0.15, 0.2) is 0 Å². The van der Waals surface area contributed by atoms with E-state index in [2.05, 4.69) is 5.32 Å². The molecule has 4 rings (SSSR count). The van der Waals surface area contributed by atoms with Crippen LogP contribution in [-0.4, -0.2) is 10.5 Å². The van der Waals surface area contributed by atoms with Crippen molar-refractivity contribution in [2.24, 2.45) is 0 Å². The van der Waals surface area contributed by atoms with Crippen LogP contribution in [0.3, 0.4) is 0 Å². The van der Waals surface area contributed by atoms with Gasteiger partial charge in [0.2, 0.25) is 0 Å². The van der Waals surface area contributed by atoms with Crippen molar-refractivity contribution >= 4 is 11.6 Å². The van der Waals surface area contributed by atoms with Gasteiger partial charge in [-0.2, -0.15) is 0 Å². The van der Waals surface area contributed by atoms with Gasteiger partial charge in [-0.15, -0.1) is 0 Å². The van der Waals surface area contributed by atoms with Crippen molar-refractivity contribution in [1.82, 2.24) is 4.57 Å². The van der Waals surface area contributed by atoms with E-state index >= 15 is 0 Å². The number of aromatic nitrogens is 1. The third-order valence-electron chi connectivity index (χ3n) is 5.48. The van der Waals surface area contributed by atoms with Gasteiger partial charge in [0, 0.05) is 17.4 Å². The zero-order valence-corrected chi connectivity index (χ0v) is 17.5. The largest absolute Gasteiger partial charge is 0.322 e. The monoisotopic (exact) mass is 416 g/mol. The van der Waals surface area contributed by atoms with Gasteiger partial charge in [-0.3, -0.25) is 4.79 Å². The number of hydrogen-bond donors (Lipinski definition) is 1. The molecule has 0 aliphatic rings. The lowest BCUT2D eigenvalue weighted by Gasteiger charge is -2.13. The third kappa shape index (κ3) is 3.99. The minimum Gasteiger partial charge on any atom is -0.322 e. The summed E-state index contributed by atoms with van der Waals surface area (Å²) in [6.07, 6.45) is 0. The molecule has 0 radical (unpaired) electrons. The van der Waals surface area contributed by atoms with Crippen LogP contribution in [-0.2, 0) is 0 Å². The van der Waals surface area contributed by atoms with Gasteiger partial charge >= 0.3 is 0 Å². The Kier molecular flexibility index (Phi) is 5.42. The number of nitrogens with one attached hydrogen (secondary N) is 1. The summed E-state index contributed by atoms with van der Waals surface area (Å²) in [5.41, 5.74) is 5.53. The molecule has 0 aliphatic carbocycles. The van der Waals surface area contributed by atoms with E-state index in [1.54, 1.807) is 17.6 Å². The molecule has 0 atom stereocenters. The lowest BCUT2D eigenvalue weighted by atomic mass is 10.1.